The molecule has 9 nitrogen and oxygen atoms in total. The van der Waals surface area contributed by atoms with Crippen molar-refractivity contribution in [2.75, 3.05) is 63.2 Å². The molecule has 3 aromatic rings. The summed E-state index contributed by atoms with van der Waals surface area (Å²) in [4.78, 5) is 30.1. The maximum atomic E-state index is 14.6. The first kappa shape index (κ1) is 31.0. The molecule has 2 aromatic carbocycles. The zero-order chi connectivity index (χ0) is 31.9. The van der Waals surface area contributed by atoms with Crippen molar-refractivity contribution in [3.05, 3.63) is 64.8 Å². The Hall–Kier alpha value is -4.01. The van der Waals surface area contributed by atoms with Crippen LogP contribution in [-0.4, -0.2) is 85.1 Å². The molecule has 1 amide bonds. The van der Waals surface area contributed by atoms with Crippen LogP contribution in [0.3, 0.4) is 0 Å². The van der Waals surface area contributed by atoms with Gasteiger partial charge in [0.2, 0.25) is 0 Å². The maximum absolute atomic E-state index is 14.6. The molecule has 1 saturated heterocycles. The van der Waals surface area contributed by atoms with Gasteiger partial charge >= 0.3 is 6.01 Å². The second-order valence-corrected chi connectivity index (χ2v) is 12.9. The van der Waals surface area contributed by atoms with E-state index in [0.29, 0.717) is 50.4 Å². The van der Waals surface area contributed by atoms with Crippen LogP contribution in [0.25, 0.3) is 10.8 Å². The number of aromatic nitrogens is 2. The van der Waals surface area contributed by atoms with Gasteiger partial charge in [0.25, 0.3) is 5.91 Å². The van der Waals surface area contributed by atoms with Crippen LogP contribution in [0.1, 0.15) is 30.5 Å². The van der Waals surface area contributed by atoms with Crippen LogP contribution in [0.5, 0.6) is 6.01 Å². The Kier molecular flexibility index (Phi) is 8.55. The van der Waals surface area contributed by atoms with Gasteiger partial charge in [-0.15, -0.1) is 0 Å². The lowest BCUT2D eigenvalue weighted by molar-refractivity contribution is -0.131. The number of nitriles is 1. The van der Waals surface area contributed by atoms with E-state index >= 15 is 0 Å². The molecule has 12 heteroatoms. The molecule has 1 aliphatic carbocycles. The summed E-state index contributed by atoms with van der Waals surface area (Å²) >= 11 is 6.48. The first-order valence-corrected chi connectivity index (χ1v) is 15.5. The van der Waals surface area contributed by atoms with E-state index < -0.39 is 23.6 Å². The van der Waals surface area contributed by atoms with E-state index in [2.05, 4.69) is 22.4 Å². The Morgan fingerprint density at radius 3 is 2.71 bits per heavy atom. The van der Waals surface area contributed by atoms with Crippen LogP contribution in [0.4, 0.5) is 20.3 Å². The predicted octanol–water partition coefficient (Wildman–Crippen LogP) is 5.12. The van der Waals surface area contributed by atoms with E-state index in [9.17, 15) is 18.8 Å². The minimum absolute atomic E-state index is 0.0470. The summed E-state index contributed by atoms with van der Waals surface area (Å²) in [6, 6.07) is 10.8. The van der Waals surface area contributed by atoms with Crippen molar-refractivity contribution < 1.29 is 18.3 Å². The molecular formula is C33H36ClF2N7O2. The van der Waals surface area contributed by atoms with Gasteiger partial charge in [0.1, 0.15) is 11.6 Å². The molecule has 236 valence electrons. The number of carbonyl (C=O) groups is 1. The minimum atomic E-state index is -1.04. The lowest BCUT2D eigenvalue weighted by Gasteiger charge is -2.42. The fourth-order valence-corrected chi connectivity index (χ4v) is 6.91. The number of ether oxygens (including phenoxy) is 1. The van der Waals surface area contributed by atoms with Crippen LogP contribution >= 0.6 is 11.6 Å². The SMILES string of the molecule is C=C(F)C(=O)N1CCN(c2nc(OCC3(CN(C)C)CC3)nc3c2CCN(c2cccc4ccc(F)c(Cl)c24)C3)CC1CC#N. The van der Waals surface area contributed by atoms with E-state index in [1.165, 1.54) is 11.0 Å². The predicted molar refractivity (Wildman–Crippen MR) is 170 cm³/mol. The van der Waals surface area contributed by atoms with E-state index in [1.54, 1.807) is 6.07 Å². The third-order valence-electron chi connectivity index (χ3n) is 8.99. The number of hydrogen-bond donors (Lipinski definition) is 0. The number of carbonyl (C=O) groups excluding carboxylic acids is 1. The summed E-state index contributed by atoms with van der Waals surface area (Å²) < 4.78 is 34.7. The van der Waals surface area contributed by atoms with Crippen molar-refractivity contribution in [1.82, 2.24) is 19.8 Å². The monoisotopic (exact) mass is 635 g/mol. The highest BCUT2D eigenvalue weighted by Crippen LogP contribution is 2.46. The molecule has 1 unspecified atom stereocenters. The number of nitrogens with zero attached hydrogens (tertiary/aromatic N) is 7. The van der Waals surface area contributed by atoms with Crippen molar-refractivity contribution in [1.29, 1.82) is 5.26 Å². The molecule has 1 atom stereocenters. The maximum Gasteiger partial charge on any atom is 0.318 e. The van der Waals surface area contributed by atoms with Crippen molar-refractivity contribution in [3.63, 3.8) is 0 Å². The molecule has 2 aliphatic heterocycles. The van der Waals surface area contributed by atoms with Gasteiger partial charge in [-0.1, -0.05) is 36.4 Å². The van der Waals surface area contributed by atoms with Crippen LogP contribution in [-0.2, 0) is 17.8 Å². The number of anilines is 2. The average molecular weight is 636 g/mol. The Morgan fingerprint density at radius 1 is 1.20 bits per heavy atom. The van der Waals surface area contributed by atoms with Gasteiger partial charge in [-0.2, -0.15) is 15.2 Å². The first-order chi connectivity index (χ1) is 21.6. The smallest absolute Gasteiger partial charge is 0.318 e. The lowest BCUT2D eigenvalue weighted by atomic mass is 10.0. The number of amides is 1. The summed E-state index contributed by atoms with van der Waals surface area (Å²) in [5.74, 6) is -1.60. The summed E-state index contributed by atoms with van der Waals surface area (Å²) in [5.41, 5.74) is 2.63. The lowest BCUT2D eigenvalue weighted by Crippen LogP contribution is -2.55. The Bertz CT molecular complexity index is 1690. The average Bonchev–Trinajstić information content (AvgIpc) is 3.79. The third-order valence-corrected chi connectivity index (χ3v) is 9.36. The zero-order valence-electron chi connectivity index (χ0n) is 25.5. The van der Waals surface area contributed by atoms with Gasteiger partial charge in [0.15, 0.2) is 5.83 Å². The largest absolute Gasteiger partial charge is 0.463 e. The molecule has 0 N–H and O–H groups in total. The number of piperazine rings is 1. The highest BCUT2D eigenvalue weighted by molar-refractivity contribution is 6.36. The minimum Gasteiger partial charge on any atom is -0.463 e. The standard InChI is InChI=1S/C33H36ClF2N7O2/c1-21(35)31(44)43-16-15-42(17-23(43)9-13-37)30-24-10-14-41(27-6-4-5-22-7-8-25(36)29(34)28(22)27)18-26(24)38-32(39-30)45-20-33(11-12-33)19-40(2)3/h4-8,23H,1,9-12,14-20H2,2-3H3. The first-order valence-electron chi connectivity index (χ1n) is 15.2. The number of halogens is 3. The van der Waals surface area contributed by atoms with E-state index in [0.717, 1.165) is 41.7 Å². The van der Waals surface area contributed by atoms with Crippen molar-refractivity contribution >= 4 is 39.8 Å². The van der Waals surface area contributed by atoms with E-state index in [4.69, 9.17) is 26.3 Å². The fourth-order valence-electron chi connectivity index (χ4n) is 6.64. The van der Waals surface area contributed by atoms with Gasteiger partial charge in [-0.3, -0.25) is 4.79 Å². The Morgan fingerprint density at radius 2 is 2.00 bits per heavy atom. The fraction of sp³-hybridized carbons (Fsp3) is 0.455. The Labute approximate surface area is 266 Å². The molecule has 1 saturated carbocycles. The molecule has 0 spiro atoms. The van der Waals surface area contributed by atoms with Crippen LogP contribution in [0, 0.1) is 22.6 Å². The number of hydrogen-bond acceptors (Lipinski definition) is 8. The van der Waals surface area contributed by atoms with Crippen LogP contribution in [0.15, 0.2) is 42.7 Å². The summed E-state index contributed by atoms with van der Waals surface area (Å²) in [7, 11) is 4.10. The molecule has 2 fully saturated rings. The highest BCUT2D eigenvalue weighted by atomic mass is 35.5. The third kappa shape index (κ3) is 6.26. The van der Waals surface area contributed by atoms with Crippen LogP contribution < -0.4 is 14.5 Å². The van der Waals surface area contributed by atoms with Gasteiger partial charge < -0.3 is 24.3 Å². The molecule has 1 aromatic heterocycles. The molecule has 0 radical (unpaired) electrons. The van der Waals surface area contributed by atoms with Crippen molar-refractivity contribution in [3.8, 4) is 12.1 Å². The quantitative estimate of drug-likeness (QED) is 0.300. The van der Waals surface area contributed by atoms with Gasteiger partial charge in [0, 0.05) is 54.8 Å². The topological polar surface area (TPSA) is 88.8 Å². The number of benzene rings is 2. The van der Waals surface area contributed by atoms with Crippen molar-refractivity contribution in [2.24, 2.45) is 5.41 Å². The number of rotatable bonds is 9. The molecular weight excluding hydrogens is 600 g/mol. The summed E-state index contributed by atoms with van der Waals surface area (Å²) in [6.07, 6.45) is 2.79. The molecule has 0 bridgehead atoms. The van der Waals surface area contributed by atoms with E-state index in [1.807, 2.05) is 37.2 Å². The van der Waals surface area contributed by atoms with E-state index in [-0.39, 0.29) is 29.4 Å². The second-order valence-electron chi connectivity index (χ2n) is 12.6. The molecule has 45 heavy (non-hydrogen) atoms. The van der Waals surface area contributed by atoms with Gasteiger partial charge in [0.05, 0.1) is 42.4 Å². The molecule has 3 heterocycles. The summed E-state index contributed by atoms with van der Waals surface area (Å²) in [5, 5.41) is 11.1. The number of fused-ring (bicyclic) bond motifs is 2. The van der Waals surface area contributed by atoms with Crippen LogP contribution in [0.2, 0.25) is 5.02 Å². The van der Waals surface area contributed by atoms with Gasteiger partial charge in [-0.25, -0.2) is 8.78 Å². The zero-order valence-corrected chi connectivity index (χ0v) is 26.3. The molecule has 3 aliphatic rings. The summed E-state index contributed by atoms with van der Waals surface area (Å²) in [6.45, 7) is 6.53. The normalized spacial score (nSPS) is 19.0. The highest BCUT2D eigenvalue weighted by Gasteiger charge is 2.44. The van der Waals surface area contributed by atoms with Gasteiger partial charge in [-0.05, 0) is 50.9 Å². The second kappa shape index (κ2) is 12.4. The Balaban J connectivity index is 1.35. The van der Waals surface area contributed by atoms with Crippen molar-refractivity contribution in [2.45, 2.75) is 38.3 Å². The molecule has 6 rings (SSSR count).